The molecule has 0 aliphatic rings. The second-order valence-corrected chi connectivity index (χ2v) is 6.02. The van der Waals surface area contributed by atoms with Crippen molar-refractivity contribution in [3.8, 4) is 0 Å². The number of carbonyl (C=O) groups is 1. The fraction of sp³-hybridized carbons (Fsp3) is 0.278. The van der Waals surface area contributed by atoms with Crippen molar-refractivity contribution in [2.24, 2.45) is 0 Å². The van der Waals surface area contributed by atoms with Crippen LogP contribution in [0.4, 0.5) is 8.78 Å². The average molecular weight is 344 g/mol. The summed E-state index contributed by atoms with van der Waals surface area (Å²) in [4.78, 5) is 22.7. The molecule has 0 N–H and O–H groups in total. The number of imidazole rings is 1. The van der Waals surface area contributed by atoms with Crippen molar-refractivity contribution in [3.05, 3.63) is 59.3 Å². The van der Waals surface area contributed by atoms with E-state index in [4.69, 9.17) is 0 Å². The zero-order chi connectivity index (χ0) is 18.1. The van der Waals surface area contributed by atoms with Crippen LogP contribution in [-0.4, -0.2) is 32.4 Å². The van der Waals surface area contributed by atoms with Gasteiger partial charge in [0.05, 0.1) is 17.6 Å². The van der Waals surface area contributed by atoms with Gasteiger partial charge in [-0.25, -0.2) is 4.98 Å². The van der Waals surface area contributed by atoms with Gasteiger partial charge in [0, 0.05) is 30.5 Å². The van der Waals surface area contributed by atoms with E-state index in [0.29, 0.717) is 5.56 Å². The summed E-state index contributed by atoms with van der Waals surface area (Å²) in [5, 5.41) is 0.750. The van der Waals surface area contributed by atoms with Crippen molar-refractivity contribution < 1.29 is 13.6 Å². The van der Waals surface area contributed by atoms with Crippen molar-refractivity contribution in [1.29, 1.82) is 0 Å². The van der Waals surface area contributed by atoms with E-state index in [1.165, 1.54) is 17.3 Å². The Morgan fingerprint density at radius 2 is 2.04 bits per heavy atom. The molecule has 2 aromatic heterocycles. The standard InChI is InChI=1S/C18H18F2N4O/c1-11-4-5-15-13(8-11)14(9-12(2)22-15)17(25)23(3)10-16-21-6-7-24(16)18(19)20/h4-9,18H,10H2,1-3H3. The molecule has 25 heavy (non-hydrogen) atoms. The number of nitrogens with zero attached hydrogens (tertiary/aromatic N) is 4. The lowest BCUT2D eigenvalue weighted by molar-refractivity contribution is 0.0613. The van der Waals surface area contributed by atoms with E-state index < -0.39 is 6.55 Å². The van der Waals surface area contributed by atoms with Crippen LogP contribution in [0.25, 0.3) is 10.9 Å². The number of hydrogen-bond acceptors (Lipinski definition) is 3. The first-order valence-electron chi connectivity index (χ1n) is 7.80. The molecule has 0 saturated carbocycles. The number of aromatic nitrogens is 3. The third-order valence-electron chi connectivity index (χ3n) is 4.01. The molecule has 130 valence electrons. The number of halogens is 2. The Morgan fingerprint density at radius 1 is 1.28 bits per heavy atom. The Hall–Kier alpha value is -2.83. The van der Waals surface area contributed by atoms with Crippen molar-refractivity contribution >= 4 is 16.8 Å². The maximum absolute atomic E-state index is 13.0. The first-order valence-corrected chi connectivity index (χ1v) is 7.80. The predicted octanol–water partition coefficient (Wildman–Crippen LogP) is 3.72. The molecule has 5 nitrogen and oxygen atoms in total. The third kappa shape index (κ3) is 3.35. The summed E-state index contributed by atoms with van der Waals surface area (Å²) in [6, 6.07) is 7.44. The molecule has 0 bridgehead atoms. The molecule has 1 aromatic carbocycles. The first-order chi connectivity index (χ1) is 11.9. The van der Waals surface area contributed by atoms with Gasteiger partial charge in [-0.2, -0.15) is 8.78 Å². The van der Waals surface area contributed by atoms with E-state index in [1.807, 2.05) is 32.0 Å². The van der Waals surface area contributed by atoms with Crippen LogP contribution in [0.3, 0.4) is 0 Å². The Morgan fingerprint density at radius 3 is 2.76 bits per heavy atom. The van der Waals surface area contributed by atoms with Gasteiger partial charge in [0.1, 0.15) is 5.82 Å². The van der Waals surface area contributed by atoms with Gasteiger partial charge >= 0.3 is 6.55 Å². The van der Waals surface area contributed by atoms with Crippen LogP contribution in [0.15, 0.2) is 36.7 Å². The SMILES string of the molecule is Cc1ccc2nc(C)cc(C(=O)N(C)Cc3nccn3C(F)F)c2c1. The average Bonchev–Trinajstić information content (AvgIpc) is 3.02. The zero-order valence-electron chi connectivity index (χ0n) is 14.2. The minimum Gasteiger partial charge on any atom is -0.334 e. The molecule has 0 unspecified atom stereocenters. The molecule has 0 atom stereocenters. The van der Waals surface area contributed by atoms with Gasteiger partial charge in [-0.1, -0.05) is 11.6 Å². The summed E-state index contributed by atoms with van der Waals surface area (Å²) in [7, 11) is 1.57. The smallest absolute Gasteiger partial charge is 0.319 e. The molecular weight excluding hydrogens is 326 g/mol. The lowest BCUT2D eigenvalue weighted by atomic mass is 10.0. The number of carbonyl (C=O) groups excluding carboxylic acids is 1. The monoisotopic (exact) mass is 344 g/mol. The Balaban J connectivity index is 1.96. The van der Waals surface area contributed by atoms with Gasteiger partial charge in [-0.15, -0.1) is 0 Å². The van der Waals surface area contributed by atoms with E-state index in [9.17, 15) is 13.6 Å². The van der Waals surface area contributed by atoms with E-state index in [2.05, 4.69) is 9.97 Å². The van der Waals surface area contributed by atoms with Gasteiger partial charge in [-0.3, -0.25) is 14.3 Å². The van der Waals surface area contributed by atoms with Crippen LogP contribution in [0.2, 0.25) is 0 Å². The van der Waals surface area contributed by atoms with Crippen LogP contribution in [0.5, 0.6) is 0 Å². The summed E-state index contributed by atoms with van der Waals surface area (Å²) in [5.74, 6) is -0.123. The number of hydrogen-bond donors (Lipinski definition) is 0. The fourth-order valence-electron chi connectivity index (χ4n) is 2.78. The molecule has 3 aromatic rings. The Bertz CT molecular complexity index is 936. The van der Waals surface area contributed by atoms with Gasteiger partial charge in [0.2, 0.25) is 0 Å². The number of rotatable bonds is 4. The van der Waals surface area contributed by atoms with Crippen molar-refractivity contribution in [3.63, 3.8) is 0 Å². The lowest BCUT2D eigenvalue weighted by Gasteiger charge is -2.19. The lowest BCUT2D eigenvalue weighted by Crippen LogP contribution is -2.28. The normalized spacial score (nSPS) is 11.3. The van der Waals surface area contributed by atoms with Crippen LogP contribution < -0.4 is 0 Å². The second-order valence-electron chi connectivity index (χ2n) is 6.02. The number of pyridine rings is 1. The van der Waals surface area contributed by atoms with E-state index in [1.54, 1.807) is 13.1 Å². The van der Waals surface area contributed by atoms with Crippen LogP contribution in [0, 0.1) is 13.8 Å². The van der Waals surface area contributed by atoms with Gasteiger partial charge in [-0.05, 0) is 32.0 Å². The molecule has 1 amide bonds. The highest BCUT2D eigenvalue weighted by Crippen LogP contribution is 2.22. The largest absolute Gasteiger partial charge is 0.334 e. The van der Waals surface area contributed by atoms with Crippen molar-refractivity contribution in [2.75, 3.05) is 7.05 Å². The summed E-state index contributed by atoms with van der Waals surface area (Å²) in [6.07, 6.45) is 2.50. The van der Waals surface area contributed by atoms with Gasteiger partial charge < -0.3 is 4.90 Å². The minimum atomic E-state index is -2.69. The number of fused-ring (bicyclic) bond motifs is 1. The van der Waals surface area contributed by atoms with Crippen molar-refractivity contribution in [2.45, 2.75) is 26.9 Å². The van der Waals surface area contributed by atoms with E-state index in [0.717, 1.165) is 26.7 Å². The van der Waals surface area contributed by atoms with Crippen LogP contribution in [-0.2, 0) is 6.54 Å². The number of benzene rings is 1. The minimum absolute atomic E-state index is 0.00907. The Labute approximate surface area is 143 Å². The van der Waals surface area contributed by atoms with Gasteiger partial charge in [0.25, 0.3) is 5.91 Å². The zero-order valence-corrected chi connectivity index (χ0v) is 14.2. The predicted molar refractivity (Wildman–Crippen MR) is 90.5 cm³/mol. The molecule has 0 radical (unpaired) electrons. The number of amides is 1. The molecule has 0 aliphatic carbocycles. The highest BCUT2D eigenvalue weighted by atomic mass is 19.3. The first kappa shape index (κ1) is 17.0. The highest BCUT2D eigenvalue weighted by Gasteiger charge is 2.19. The summed E-state index contributed by atoms with van der Waals surface area (Å²) in [6.45, 7) is 1.06. The summed E-state index contributed by atoms with van der Waals surface area (Å²) < 4.78 is 26.7. The quantitative estimate of drug-likeness (QED) is 0.725. The summed E-state index contributed by atoms with van der Waals surface area (Å²) >= 11 is 0. The summed E-state index contributed by atoms with van der Waals surface area (Å²) in [5.41, 5.74) is 2.98. The van der Waals surface area contributed by atoms with E-state index >= 15 is 0 Å². The molecule has 0 saturated heterocycles. The Kier molecular flexibility index (Phi) is 4.48. The van der Waals surface area contributed by atoms with Crippen LogP contribution >= 0.6 is 0 Å². The number of aryl methyl sites for hydroxylation is 2. The maximum Gasteiger partial charge on any atom is 0.319 e. The van der Waals surface area contributed by atoms with Gasteiger partial charge in [0.15, 0.2) is 0 Å². The van der Waals surface area contributed by atoms with Crippen LogP contribution in [0.1, 0.15) is 34.0 Å². The van der Waals surface area contributed by atoms with Crippen molar-refractivity contribution in [1.82, 2.24) is 19.4 Å². The molecule has 0 spiro atoms. The highest BCUT2D eigenvalue weighted by molar-refractivity contribution is 6.06. The molecule has 2 heterocycles. The molecule has 3 rings (SSSR count). The molecule has 0 fully saturated rings. The number of alkyl halides is 2. The topological polar surface area (TPSA) is 51.0 Å². The van der Waals surface area contributed by atoms with E-state index in [-0.39, 0.29) is 18.3 Å². The molecule has 0 aliphatic heterocycles. The fourth-order valence-corrected chi connectivity index (χ4v) is 2.78. The molecule has 7 heteroatoms. The maximum atomic E-state index is 13.0. The molecular formula is C18H18F2N4O. The second kappa shape index (κ2) is 6.58. The third-order valence-corrected chi connectivity index (χ3v) is 4.01.